The van der Waals surface area contributed by atoms with Gasteiger partial charge in [0, 0.05) is 26.5 Å². The van der Waals surface area contributed by atoms with Gasteiger partial charge in [0.25, 0.3) is 5.91 Å². The van der Waals surface area contributed by atoms with E-state index in [0.29, 0.717) is 12.1 Å². The predicted molar refractivity (Wildman–Crippen MR) is 93.6 cm³/mol. The van der Waals surface area contributed by atoms with Crippen molar-refractivity contribution in [2.45, 2.75) is 19.3 Å². The van der Waals surface area contributed by atoms with Crippen LogP contribution in [0.3, 0.4) is 0 Å². The second-order valence-electron chi connectivity index (χ2n) is 5.59. The number of amides is 1. The van der Waals surface area contributed by atoms with Crippen molar-refractivity contribution in [2.24, 2.45) is 0 Å². The first-order valence-corrected chi connectivity index (χ1v) is 8.27. The van der Waals surface area contributed by atoms with Crippen LogP contribution in [0.15, 0.2) is 57.5 Å². The van der Waals surface area contributed by atoms with Crippen LogP contribution in [0.5, 0.6) is 0 Å². The Hall–Kier alpha value is -1.13. The summed E-state index contributed by atoms with van der Waals surface area (Å²) in [6.07, 6.45) is 0. The highest BCUT2D eigenvalue weighted by atomic mass is 79.9. The van der Waals surface area contributed by atoms with Gasteiger partial charge < -0.3 is 5.32 Å². The van der Waals surface area contributed by atoms with Gasteiger partial charge in [-0.15, -0.1) is 0 Å². The van der Waals surface area contributed by atoms with Crippen molar-refractivity contribution in [1.82, 2.24) is 5.32 Å². The minimum atomic E-state index is -0.111. The van der Waals surface area contributed by atoms with Gasteiger partial charge in [0.1, 0.15) is 0 Å². The van der Waals surface area contributed by atoms with Crippen LogP contribution in [0.2, 0.25) is 0 Å². The maximum Gasteiger partial charge on any atom is 0.251 e. The number of hydrogen-bond donors (Lipinski definition) is 1. The van der Waals surface area contributed by atoms with Crippen molar-refractivity contribution in [3.8, 4) is 0 Å². The van der Waals surface area contributed by atoms with Gasteiger partial charge in [0.05, 0.1) is 0 Å². The summed E-state index contributed by atoms with van der Waals surface area (Å²) in [5.74, 6) is -0.0685. The molecular formula is C17H17Br2NO. The second-order valence-corrected chi connectivity index (χ2v) is 7.42. The van der Waals surface area contributed by atoms with E-state index >= 15 is 0 Å². The standard InChI is InChI=1S/C17H17Br2NO/c1-17(2,13-6-4-3-5-7-13)11-20-16(21)12-8-14(18)10-15(19)9-12/h3-10H,11H2,1-2H3,(H,20,21). The summed E-state index contributed by atoms with van der Waals surface area (Å²) in [4.78, 5) is 12.3. The van der Waals surface area contributed by atoms with Crippen LogP contribution in [0.4, 0.5) is 0 Å². The van der Waals surface area contributed by atoms with E-state index < -0.39 is 0 Å². The van der Waals surface area contributed by atoms with Crippen molar-refractivity contribution in [1.29, 1.82) is 0 Å². The Morgan fingerprint density at radius 2 is 1.62 bits per heavy atom. The third-order valence-electron chi connectivity index (χ3n) is 3.37. The number of halogens is 2. The van der Waals surface area contributed by atoms with Crippen LogP contribution in [0, 0.1) is 0 Å². The Kier molecular flexibility index (Phi) is 5.22. The molecule has 2 aromatic carbocycles. The van der Waals surface area contributed by atoms with E-state index in [2.05, 4.69) is 63.2 Å². The smallest absolute Gasteiger partial charge is 0.251 e. The first-order chi connectivity index (χ1) is 9.88. The number of benzene rings is 2. The molecule has 0 aromatic heterocycles. The first-order valence-electron chi connectivity index (χ1n) is 6.68. The SMILES string of the molecule is CC(C)(CNC(=O)c1cc(Br)cc(Br)c1)c1ccccc1. The number of nitrogens with one attached hydrogen (secondary N) is 1. The highest BCUT2D eigenvalue weighted by molar-refractivity contribution is 9.11. The molecule has 0 fully saturated rings. The minimum Gasteiger partial charge on any atom is -0.351 e. The second kappa shape index (κ2) is 6.75. The maximum atomic E-state index is 12.3. The molecule has 0 atom stereocenters. The summed E-state index contributed by atoms with van der Waals surface area (Å²) >= 11 is 6.80. The van der Waals surface area contributed by atoms with Crippen LogP contribution < -0.4 is 5.32 Å². The Bertz CT molecular complexity index is 618. The normalized spacial score (nSPS) is 11.2. The maximum absolute atomic E-state index is 12.3. The average molecular weight is 411 g/mol. The van der Waals surface area contributed by atoms with Crippen LogP contribution in [-0.4, -0.2) is 12.5 Å². The van der Waals surface area contributed by atoms with Crippen molar-refractivity contribution >= 4 is 37.8 Å². The molecule has 0 spiro atoms. The van der Waals surface area contributed by atoms with E-state index in [4.69, 9.17) is 0 Å². The van der Waals surface area contributed by atoms with Gasteiger partial charge in [-0.1, -0.05) is 76.0 Å². The molecule has 21 heavy (non-hydrogen) atoms. The molecule has 0 unspecified atom stereocenters. The van der Waals surface area contributed by atoms with E-state index in [9.17, 15) is 4.79 Å². The first kappa shape index (κ1) is 16.2. The average Bonchev–Trinajstić information content (AvgIpc) is 2.45. The quantitative estimate of drug-likeness (QED) is 0.761. The molecule has 2 aromatic rings. The minimum absolute atomic E-state index is 0.0685. The summed E-state index contributed by atoms with van der Waals surface area (Å²) in [6.45, 7) is 4.83. The highest BCUT2D eigenvalue weighted by Crippen LogP contribution is 2.23. The zero-order valence-corrected chi connectivity index (χ0v) is 15.2. The third-order valence-corrected chi connectivity index (χ3v) is 4.29. The van der Waals surface area contributed by atoms with Gasteiger partial charge in [0.2, 0.25) is 0 Å². The Balaban J connectivity index is 2.07. The van der Waals surface area contributed by atoms with Gasteiger partial charge in [-0.3, -0.25) is 4.79 Å². The number of carbonyl (C=O) groups is 1. The lowest BCUT2D eigenvalue weighted by molar-refractivity contribution is 0.0945. The summed E-state index contributed by atoms with van der Waals surface area (Å²) in [6, 6.07) is 15.7. The molecule has 0 aliphatic rings. The van der Waals surface area contributed by atoms with E-state index in [-0.39, 0.29) is 11.3 Å². The predicted octanol–water partition coefficient (Wildman–Crippen LogP) is 4.92. The highest BCUT2D eigenvalue weighted by Gasteiger charge is 2.21. The lowest BCUT2D eigenvalue weighted by Crippen LogP contribution is -2.36. The number of rotatable bonds is 4. The topological polar surface area (TPSA) is 29.1 Å². The summed E-state index contributed by atoms with van der Waals surface area (Å²) in [5, 5.41) is 3.01. The molecule has 1 amide bonds. The third kappa shape index (κ3) is 4.42. The van der Waals surface area contributed by atoms with Crippen LogP contribution in [0.25, 0.3) is 0 Å². The van der Waals surface area contributed by atoms with Crippen molar-refractivity contribution in [2.75, 3.05) is 6.54 Å². The van der Waals surface area contributed by atoms with E-state index in [1.807, 2.05) is 36.4 Å². The van der Waals surface area contributed by atoms with Gasteiger partial charge in [-0.05, 0) is 23.8 Å². The molecule has 110 valence electrons. The van der Waals surface area contributed by atoms with Crippen molar-refractivity contribution in [3.63, 3.8) is 0 Å². The van der Waals surface area contributed by atoms with E-state index in [1.165, 1.54) is 5.56 Å². The van der Waals surface area contributed by atoms with E-state index in [1.54, 1.807) is 0 Å². The lowest BCUT2D eigenvalue weighted by atomic mass is 9.84. The van der Waals surface area contributed by atoms with E-state index in [0.717, 1.165) is 8.95 Å². The summed E-state index contributed by atoms with van der Waals surface area (Å²) < 4.78 is 1.76. The molecule has 0 bridgehead atoms. The Morgan fingerprint density at radius 1 is 1.05 bits per heavy atom. The molecule has 0 radical (unpaired) electrons. The van der Waals surface area contributed by atoms with Gasteiger partial charge in [-0.2, -0.15) is 0 Å². The molecule has 0 aliphatic carbocycles. The van der Waals surface area contributed by atoms with Crippen molar-refractivity contribution < 1.29 is 4.79 Å². The van der Waals surface area contributed by atoms with Crippen LogP contribution >= 0.6 is 31.9 Å². The molecule has 0 heterocycles. The summed E-state index contributed by atoms with van der Waals surface area (Å²) in [7, 11) is 0. The molecule has 0 saturated heterocycles. The molecule has 4 heteroatoms. The van der Waals surface area contributed by atoms with Crippen LogP contribution in [-0.2, 0) is 5.41 Å². The van der Waals surface area contributed by atoms with Gasteiger partial charge >= 0.3 is 0 Å². The van der Waals surface area contributed by atoms with Crippen molar-refractivity contribution in [3.05, 3.63) is 68.6 Å². The van der Waals surface area contributed by atoms with Gasteiger partial charge in [0.15, 0.2) is 0 Å². The molecule has 0 aliphatic heterocycles. The fraction of sp³-hybridized carbons (Fsp3) is 0.235. The fourth-order valence-electron chi connectivity index (χ4n) is 2.08. The molecule has 2 nitrogen and oxygen atoms in total. The molecular weight excluding hydrogens is 394 g/mol. The number of carbonyl (C=O) groups excluding carboxylic acids is 1. The molecule has 2 rings (SSSR count). The number of hydrogen-bond acceptors (Lipinski definition) is 1. The fourth-order valence-corrected chi connectivity index (χ4v) is 3.37. The zero-order chi connectivity index (χ0) is 15.5. The zero-order valence-electron chi connectivity index (χ0n) is 12.0. The van der Waals surface area contributed by atoms with Crippen LogP contribution in [0.1, 0.15) is 29.8 Å². The largest absolute Gasteiger partial charge is 0.351 e. The Labute approximate surface area is 142 Å². The monoisotopic (exact) mass is 409 g/mol. The summed E-state index contributed by atoms with van der Waals surface area (Å²) in [5.41, 5.74) is 1.74. The van der Waals surface area contributed by atoms with Gasteiger partial charge in [-0.25, -0.2) is 0 Å². The molecule has 1 N–H and O–H groups in total. The lowest BCUT2D eigenvalue weighted by Gasteiger charge is -2.25. The Morgan fingerprint density at radius 3 is 2.19 bits per heavy atom. The molecule has 0 saturated carbocycles.